The molecular weight excluding hydrogens is 232 g/mol. The summed E-state index contributed by atoms with van der Waals surface area (Å²) in [4.78, 5) is 4.30. The molecule has 0 fully saturated rings. The highest BCUT2D eigenvalue weighted by Crippen LogP contribution is 2.21. The fourth-order valence-corrected chi connectivity index (χ4v) is 2.44. The van der Waals surface area contributed by atoms with Crippen molar-refractivity contribution in [1.82, 2.24) is 10.3 Å². The van der Waals surface area contributed by atoms with Crippen molar-refractivity contribution < 1.29 is 4.74 Å². The molecule has 90 valence electrons. The van der Waals surface area contributed by atoms with Gasteiger partial charge in [-0.1, -0.05) is 12.1 Å². The Labute approximate surface area is 105 Å². The maximum absolute atomic E-state index is 5.34. The molecule has 0 spiro atoms. The Morgan fingerprint density at radius 2 is 2.29 bits per heavy atom. The van der Waals surface area contributed by atoms with E-state index in [1.807, 2.05) is 24.7 Å². The molecule has 0 bridgehead atoms. The standard InChI is InChI=1S/C13H16N2OS/c1-14-9-11-7-10(3-4-12(11)16-2)8-13-15-5-6-17-13/h3-7,14H,8-9H2,1-2H3. The van der Waals surface area contributed by atoms with Crippen molar-refractivity contribution in [2.75, 3.05) is 14.2 Å². The third-order valence-electron chi connectivity index (χ3n) is 2.55. The third kappa shape index (κ3) is 3.05. The van der Waals surface area contributed by atoms with E-state index >= 15 is 0 Å². The normalized spacial score (nSPS) is 10.5. The van der Waals surface area contributed by atoms with Gasteiger partial charge < -0.3 is 10.1 Å². The van der Waals surface area contributed by atoms with Crippen LogP contribution in [0.4, 0.5) is 0 Å². The highest BCUT2D eigenvalue weighted by Gasteiger charge is 2.05. The molecule has 0 aliphatic rings. The molecule has 3 nitrogen and oxygen atoms in total. The van der Waals surface area contributed by atoms with E-state index < -0.39 is 0 Å². The summed E-state index contributed by atoms with van der Waals surface area (Å²) >= 11 is 1.69. The molecule has 1 N–H and O–H groups in total. The predicted molar refractivity (Wildman–Crippen MR) is 70.7 cm³/mol. The Balaban J connectivity index is 2.21. The average Bonchev–Trinajstić information content (AvgIpc) is 2.83. The second-order valence-electron chi connectivity index (χ2n) is 3.78. The lowest BCUT2D eigenvalue weighted by Gasteiger charge is -2.09. The molecule has 0 aliphatic carbocycles. The minimum absolute atomic E-state index is 0.814. The van der Waals surface area contributed by atoms with Crippen LogP contribution in [-0.2, 0) is 13.0 Å². The topological polar surface area (TPSA) is 34.2 Å². The van der Waals surface area contributed by atoms with E-state index in [4.69, 9.17) is 4.74 Å². The summed E-state index contributed by atoms with van der Waals surface area (Å²) in [5.74, 6) is 0.933. The number of aromatic nitrogens is 1. The summed E-state index contributed by atoms with van der Waals surface area (Å²) in [5.41, 5.74) is 2.45. The van der Waals surface area contributed by atoms with Crippen LogP contribution in [0.25, 0.3) is 0 Å². The zero-order chi connectivity index (χ0) is 12.1. The van der Waals surface area contributed by atoms with Gasteiger partial charge in [0.2, 0.25) is 0 Å². The molecule has 2 aromatic rings. The summed E-state index contributed by atoms with van der Waals surface area (Å²) in [7, 11) is 3.64. The molecule has 0 atom stereocenters. The molecule has 0 amide bonds. The van der Waals surface area contributed by atoms with Crippen LogP contribution < -0.4 is 10.1 Å². The molecule has 0 unspecified atom stereocenters. The van der Waals surface area contributed by atoms with Gasteiger partial charge in [-0.05, 0) is 18.7 Å². The zero-order valence-electron chi connectivity index (χ0n) is 10.1. The fourth-order valence-electron chi connectivity index (χ4n) is 1.79. The summed E-state index contributed by atoms with van der Waals surface area (Å²) in [6.45, 7) is 0.814. The smallest absolute Gasteiger partial charge is 0.123 e. The van der Waals surface area contributed by atoms with E-state index in [0.29, 0.717) is 0 Å². The van der Waals surface area contributed by atoms with Crippen LogP contribution in [0.5, 0.6) is 5.75 Å². The van der Waals surface area contributed by atoms with Gasteiger partial charge in [0.1, 0.15) is 5.75 Å². The minimum atomic E-state index is 0.814. The van der Waals surface area contributed by atoms with Crippen molar-refractivity contribution in [3.05, 3.63) is 45.9 Å². The maximum Gasteiger partial charge on any atom is 0.123 e. The number of hydrogen-bond donors (Lipinski definition) is 1. The van der Waals surface area contributed by atoms with E-state index in [2.05, 4.69) is 22.4 Å². The van der Waals surface area contributed by atoms with E-state index in [1.165, 1.54) is 11.1 Å². The van der Waals surface area contributed by atoms with Crippen LogP contribution in [0.3, 0.4) is 0 Å². The van der Waals surface area contributed by atoms with Gasteiger partial charge in [-0.3, -0.25) is 0 Å². The molecule has 2 rings (SSSR count). The van der Waals surface area contributed by atoms with Crippen molar-refractivity contribution in [3.8, 4) is 5.75 Å². The predicted octanol–water partition coefficient (Wildman–Crippen LogP) is 2.46. The molecule has 0 radical (unpaired) electrons. The summed E-state index contributed by atoms with van der Waals surface area (Å²) in [6, 6.07) is 6.30. The molecule has 4 heteroatoms. The molecule has 1 heterocycles. The van der Waals surface area contributed by atoms with Gasteiger partial charge in [-0.25, -0.2) is 4.98 Å². The number of ether oxygens (including phenoxy) is 1. The van der Waals surface area contributed by atoms with Gasteiger partial charge in [-0.15, -0.1) is 11.3 Å². The SMILES string of the molecule is CNCc1cc(Cc2nccs2)ccc1OC. The average molecular weight is 248 g/mol. The number of nitrogens with zero attached hydrogens (tertiary/aromatic N) is 1. The first-order valence-corrected chi connectivity index (χ1v) is 6.40. The highest BCUT2D eigenvalue weighted by molar-refractivity contribution is 7.09. The largest absolute Gasteiger partial charge is 0.496 e. The van der Waals surface area contributed by atoms with Gasteiger partial charge >= 0.3 is 0 Å². The van der Waals surface area contributed by atoms with Gasteiger partial charge in [0.25, 0.3) is 0 Å². The first kappa shape index (κ1) is 12.1. The van der Waals surface area contributed by atoms with Crippen molar-refractivity contribution in [2.45, 2.75) is 13.0 Å². The number of rotatable bonds is 5. The van der Waals surface area contributed by atoms with Crippen LogP contribution >= 0.6 is 11.3 Å². The third-order valence-corrected chi connectivity index (χ3v) is 3.33. The Morgan fingerprint density at radius 1 is 1.41 bits per heavy atom. The molecule has 0 aliphatic heterocycles. The maximum atomic E-state index is 5.34. The lowest BCUT2D eigenvalue weighted by atomic mass is 10.1. The number of thiazole rings is 1. The second kappa shape index (κ2) is 5.80. The van der Waals surface area contributed by atoms with Crippen LogP contribution in [0, 0.1) is 0 Å². The molecule has 1 aromatic heterocycles. The lowest BCUT2D eigenvalue weighted by molar-refractivity contribution is 0.408. The van der Waals surface area contributed by atoms with Crippen LogP contribution in [0.2, 0.25) is 0 Å². The number of nitrogens with one attached hydrogen (secondary N) is 1. The van der Waals surface area contributed by atoms with Gasteiger partial charge in [0, 0.05) is 30.1 Å². The fraction of sp³-hybridized carbons (Fsp3) is 0.308. The zero-order valence-corrected chi connectivity index (χ0v) is 10.9. The van der Waals surface area contributed by atoms with Crippen molar-refractivity contribution in [2.24, 2.45) is 0 Å². The number of methoxy groups -OCH3 is 1. The monoisotopic (exact) mass is 248 g/mol. The molecule has 0 saturated carbocycles. The Bertz CT molecular complexity index is 468. The first-order valence-electron chi connectivity index (χ1n) is 5.52. The lowest BCUT2D eigenvalue weighted by Crippen LogP contribution is -2.07. The summed E-state index contributed by atoms with van der Waals surface area (Å²) < 4.78 is 5.34. The van der Waals surface area contributed by atoms with E-state index in [-0.39, 0.29) is 0 Å². The van der Waals surface area contributed by atoms with Gasteiger partial charge in [0.05, 0.1) is 12.1 Å². The van der Waals surface area contributed by atoms with Gasteiger partial charge in [0.15, 0.2) is 0 Å². The Kier molecular flexibility index (Phi) is 4.12. The van der Waals surface area contributed by atoms with Crippen LogP contribution in [0.15, 0.2) is 29.8 Å². The van der Waals surface area contributed by atoms with Crippen LogP contribution in [0.1, 0.15) is 16.1 Å². The Hall–Kier alpha value is -1.39. The van der Waals surface area contributed by atoms with Crippen molar-refractivity contribution in [3.63, 3.8) is 0 Å². The second-order valence-corrected chi connectivity index (χ2v) is 4.76. The number of hydrogen-bond acceptors (Lipinski definition) is 4. The van der Waals surface area contributed by atoms with Crippen molar-refractivity contribution >= 4 is 11.3 Å². The van der Waals surface area contributed by atoms with E-state index in [1.54, 1.807) is 18.4 Å². The summed E-state index contributed by atoms with van der Waals surface area (Å²) in [6.07, 6.45) is 2.73. The molecule has 0 saturated heterocycles. The van der Waals surface area contributed by atoms with Crippen molar-refractivity contribution in [1.29, 1.82) is 0 Å². The summed E-state index contributed by atoms with van der Waals surface area (Å²) in [5, 5.41) is 6.30. The van der Waals surface area contributed by atoms with Gasteiger partial charge in [-0.2, -0.15) is 0 Å². The molecular formula is C13H16N2OS. The van der Waals surface area contributed by atoms with Crippen LogP contribution in [-0.4, -0.2) is 19.1 Å². The molecule has 17 heavy (non-hydrogen) atoms. The van der Waals surface area contributed by atoms with E-state index in [0.717, 1.165) is 23.7 Å². The Morgan fingerprint density at radius 3 is 2.94 bits per heavy atom. The van der Waals surface area contributed by atoms with E-state index in [9.17, 15) is 0 Å². The number of benzene rings is 1. The first-order chi connectivity index (χ1) is 8.33. The quantitative estimate of drug-likeness (QED) is 0.882. The molecule has 1 aromatic carbocycles. The minimum Gasteiger partial charge on any atom is -0.496 e. The highest BCUT2D eigenvalue weighted by atomic mass is 32.1.